The fraction of sp³-hybridized carbons (Fsp3) is 0.633. The van der Waals surface area contributed by atoms with Crippen LogP contribution in [0.1, 0.15) is 57.4 Å². The van der Waals surface area contributed by atoms with Crippen LogP contribution in [0.15, 0.2) is 35.1 Å². The van der Waals surface area contributed by atoms with E-state index in [1.807, 2.05) is 0 Å². The van der Waals surface area contributed by atoms with Gasteiger partial charge in [-0.25, -0.2) is 4.79 Å². The van der Waals surface area contributed by atoms with Gasteiger partial charge < -0.3 is 25.3 Å². The lowest BCUT2D eigenvalue weighted by Gasteiger charge is -2.35. The number of anilines is 1. The Morgan fingerprint density at radius 1 is 0.925 bits per heavy atom. The van der Waals surface area contributed by atoms with E-state index in [1.165, 1.54) is 44.5 Å². The van der Waals surface area contributed by atoms with Crippen molar-refractivity contribution in [3.05, 3.63) is 46.4 Å². The molecule has 2 aromatic heterocycles. The SMILES string of the molecule is CCCCOc1nc(N)c2[nH]c(=O)n(CCCCCCCN3CCN(CCN(C)Cc4ccccc4)CC3)c2n1. The van der Waals surface area contributed by atoms with Crippen molar-refractivity contribution < 1.29 is 4.74 Å². The number of nitrogens with one attached hydrogen (secondary N) is 1. The highest BCUT2D eigenvalue weighted by atomic mass is 16.5. The van der Waals surface area contributed by atoms with Gasteiger partial charge in [-0.2, -0.15) is 9.97 Å². The van der Waals surface area contributed by atoms with E-state index in [2.05, 4.69) is 74.0 Å². The molecule has 0 bridgehead atoms. The molecular formula is C30H48N8O2. The molecule has 0 radical (unpaired) electrons. The van der Waals surface area contributed by atoms with Crippen molar-refractivity contribution >= 4 is 17.0 Å². The second-order valence-corrected chi connectivity index (χ2v) is 11.0. The molecule has 10 nitrogen and oxygen atoms in total. The molecule has 3 aromatic rings. The van der Waals surface area contributed by atoms with Gasteiger partial charge in [0, 0.05) is 52.4 Å². The van der Waals surface area contributed by atoms with Gasteiger partial charge in [0.15, 0.2) is 11.5 Å². The van der Waals surface area contributed by atoms with Crippen LogP contribution in [0.3, 0.4) is 0 Å². The number of hydrogen-bond acceptors (Lipinski definition) is 8. The average Bonchev–Trinajstić information content (AvgIpc) is 3.28. The minimum Gasteiger partial charge on any atom is -0.463 e. The smallest absolute Gasteiger partial charge is 0.327 e. The van der Waals surface area contributed by atoms with Crippen LogP contribution in [0.25, 0.3) is 11.2 Å². The highest BCUT2D eigenvalue weighted by molar-refractivity contribution is 5.81. The first kappa shape index (κ1) is 30.0. The lowest BCUT2D eigenvalue weighted by molar-refractivity contribution is 0.120. The highest BCUT2D eigenvalue weighted by Crippen LogP contribution is 2.18. The molecule has 40 heavy (non-hydrogen) atoms. The first-order chi connectivity index (χ1) is 19.5. The number of nitrogen functional groups attached to an aromatic ring is 1. The van der Waals surface area contributed by atoms with E-state index >= 15 is 0 Å². The van der Waals surface area contributed by atoms with Crippen molar-refractivity contribution in [2.45, 2.75) is 65.0 Å². The number of unbranched alkanes of at least 4 members (excludes halogenated alkanes) is 5. The van der Waals surface area contributed by atoms with Gasteiger partial charge in [-0.1, -0.05) is 62.9 Å². The van der Waals surface area contributed by atoms with Crippen LogP contribution >= 0.6 is 0 Å². The zero-order chi connectivity index (χ0) is 28.2. The molecule has 4 rings (SSSR count). The summed E-state index contributed by atoms with van der Waals surface area (Å²) >= 11 is 0. The summed E-state index contributed by atoms with van der Waals surface area (Å²) in [7, 11) is 2.21. The summed E-state index contributed by atoms with van der Waals surface area (Å²) in [5.41, 5.74) is 8.26. The number of nitrogens with two attached hydrogens (primary N) is 1. The molecule has 1 saturated heterocycles. The minimum atomic E-state index is -0.191. The van der Waals surface area contributed by atoms with Gasteiger partial charge in [-0.15, -0.1) is 0 Å². The highest BCUT2D eigenvalue weighted by Gasteiger charge is 2.17. The molecular weight excluding hydrogens is 504 g/mol. The molecule has 1 aliphatic rings. The van der Waals surface area contributed by atoms with Crippen LogP contribution in [-0.4, -0.2) is 93.7 Å². The van der Waals surface area contributed by atoms with E-state index < -0.39 is 0 Å². The molecule has 1 fully saturated rings. The number of aromatic nitrogens is 4. The number of H-pyrrole nitrogens is 1. The number of aryl methyl sites for hydroxylation is 1. The zero-order valence-corrected chi connectivity index (χ0v) is 24.5. The molecule has 220 valence electrons. The minimum absolute atomic E-state index is 0.191. The summed E-state index contributed by atoms with van der Waals surface area (Å²) in [5.74, 6) is 0.253. The molecule has 0 unspecified atom stereocenters. The normalized spacial score (nSPS) is 14.9. The lowest BCUT2D eigenvalue weighted by atomic mass is 10.1. The molecule has 3 heterocycles. The number of hydrogen-bond donors (Lipinski definition) is 2. The summed E-state index contributed by atoms with van der Waals surface area (Å²) in [6.45, 7) is 12.4. The largest absolute Gasteiger partial charge is 0.463 e. The summed E-state index contributed by atoms with van der Waals surface area (Å²) in [6, 6.07) is 10.9. The third kappa shape index (κ3) is 9.04. The summed E-state index contributed by atoms with van der Waals surface area (Å²) in [5, 5.41) is 0. The van der Waals surface area contributed by atoms with E-state index in [1.54, 1.807) is 4.57 Å². The molecule has 0 atom stereocenters. The molecule has 0 saturated carbocycles. The van der Waals surface area contributed by atoms with Gasteiger partial charge >= 0.3 is 11.7 Å². The number of nitrogens with zero attached hydrogens (tertiary/aromatic N) is 6. The van der Waals surface area contributed by atoms with Crippen LogP contribution in [0, 0.1) is 0 Å². The van der Waals surface area contributed by atoms with Gasteiger partial charge in [-0.3, -0.25) is 9.47 Å². The molecule has 3 N–H and O–H groups in total. The quantitative estimate of drug-likeness (QED) is 0.245. The van der Waals surface area contributed by atoms with E-state index in [0.717, 1.165) is 58.4 Å². The van der Waals surface area contributed by atoms with Crippen molar-refractivity contribution in [3.63, 3.8) is 0 Å². The Morgan fingerprint density at radius 2 is 1.60 bits per heavy atom. The number of aromatic amines is 1. The fourth-order valence-electron chi connectivity index (χ4n) is 5.27. The van der Waals surface area contributed by atoms with Crippen molar-refractivity contribution in [1.29, 1.82) is 0 Å². The Morgan fingerprint density at radius 3 is 2.33 bits per heavy atom. The van der Waals surface area contributed by atoms with Crippen molar-refractivity contribution in [2.75, 3.05) is 65.2 Å². The second-order valence-electron chi connectivity index (χ2n) is 11.0. The monoisotopic (exact) mass is 552 g/mol. The van der Waals surface area contributed by atoms with E-state index in [0.29, 0.717) is 24.3 Å². The van der Waals surface area contributed by atoms with E-state index in [9.17, 15) is 4.79 Å². The summed E-state index contributed by atoms with van der Waals surface area (Å²) in [6.07, 6.45) is 7.59. The molecule has 0 spiro atoms. The van der Waals surface area contributed by atoms with Gasteiger partial charge in [0.05, 0.1) is 6.61 Å². The topological polar surface area (TPSA) is 109 Å². The predicted octanol–water partition coefficient (Wildman–Crippen LogP) is 3.58. The second kappa shape index (κ2) is 15.7. The molecule has 10 heteroatoms. The van der Waals surface area contributed by atoms with Crippen LogP contribution in [0.5, 0.6) is 6.01 Å². The third-order valence-corrected chi connectivity index (χ3v) is 7.77. The van der Waals surface area contributed by atoms with Gasteiger partial charge in [-0.05, 0) is 38.4 Å². The van der Waals surface area contributed by atoms with Gasteiger partial charge in [0.25, 0.3) is 0 Å². The third-order valence-electron chi connectivity index (χ3n) is 7.77. The maximum Gasteiger partial charge on any atom is 0.327 e. The average molecular weight is 553 g/mol. The number of fused-ring (bicyclic) bond motifs is 1. The first-order valence-corrected chi connectivity index (χ1v) is 15.1. The molecule has 0 amide bonds. The Balaban J connectivity index is 1.08. The molecule has 0 aliphatic carbocycles. The van der Waals surface area contributed by atoms with E-state index in [-0.39, 0.29) is 17.5 Å². The van der Waals surface area contributed by atoms with Crippen LogP contribution in [0.2, 0.25) is 0 Å². The standard InChI is InChI=1S/C30H48N8O2/c1-3-4-23-40-29-33-27(31)26-28(34-29)38(30(39)32-26)16-12-7-5-6-11-15-36-19-21-37(22-20-36)18-17-35(2)24-25-13-9-8-10-14-25/h8-10,13-14H,3-7,11-12,15-24H2,1-2H3,(H,32,39)(H2,31,33,34). The first-order valence-electron chi connectivity index (χ1n) is 15.1. The van der Waals surface area contributed by atoms with E-state index in [4.69, 9.17) is 10.5 Å². The number of rotatable bonds is 17. The maximum absolute atomic E-state index is 12.5. The van der Waals surface area contributed by atoms with Crippen LogP contribution < -0.4 is 16.2 Å². The van der Waals surface area contributed by atoms with Crippen molar-refractivity contribution in [2.24, 2.45) is 0 Å². The molecule has 1 aromatic carbocycles. The number of likely N-dealkylation sites (N-methyl/N-ethyl adjacent to an activating group) is 1. The Labute approximate surface area is 238 Å². The van der Waals surface area contributed by atoms with Crippen LogP contribution in [-0.2, 0) is 13.1 Å². The van der Waals surface area contributed by atoms with Gasteiger partial charge in [0.2, 0.25) is 0 Å². The zero-order valence-electron chi connectivity index (χ0n) is 24.5. The number of benzene rings is 1. The number of imidazole rings is 1. The summed E-state index contributed by atoms with van der Waals surface area (Å²) < 4.78 is 7.29. The number of piperazine rings is 1. The Kier molecular flexibility index (Phi) is 11.8. The Bertz CT molecular complexity index is 1200. The summed E-state index contributed by atoms with van der Waals surface area (Å²) in [4.78, 5) is 31.6. The lowest BCUT2D eigenvalue weighted by Crippen LogP contribution is -2.48. The Hall–Kier alpha value is -2.95. The number of ether oxygens (including phenoxy) is 1. The van der Waals surface area contributed by atoms with Gasteiger partial charge in [0.1, 0.15) is 5.52 Å². The van der Waals surface area contributed by atoms with Crippen molar-refractivity contribution in [3.8, 4) is 6.01 Å². The fourth-order valence-corrected chi connectivity index (χ4v) is 5.27. The maximum atomic E-state index is 12.5. The molecule has 1 aliphatic heterocycles. The predicted molar refractivity (Wildman–Crippen MR) is 162 cm³/mol. The van der Waals surface area contributed by atoms with Crippen molar-refractivity contribution in [1.82, 2.24) is 34.2 Å². The van der Waals surface area contributed by atoms with Crippen LogP contribution in [0.4, 0.5) is 5.82 Å².